The average Bonchev–Trinajstić information content (AvgIpc) is 2.37. The smallest absolute Gasteiger partial charge is 0.0587 e. The van der Waals surface area contributed by atoms with Crippen molar-refractivity contribution in [1.82, 2.24) is 10.2 Å². The summed E-state index contributed by atoms with van der Waals surface area (Å²) in [5.41, 5.74) is 0. The summed E-state index contributed by atoms with van der Waals surface area (Å²) in [6.45, 7) is 11.5. The number of piperazine rings is 1. The van der Waals surface area contributed by atoms with Gasteiger partial charge in [-0.25, -0.2) is 0 Å². The monoisotopic (exact) mass is 254 g/mol. The Bertz CT molecular complexity index is 239. The molecule has 18 heavy (non-hydrogen) atoms. The minimum atomic E-state index is 0.525. The molecule has 0 aromatic rings. The molecule has 0 amide bonds. The second kappa shape index (κ2) is 6.88. The highest BCUT2D eigenvalue weighted by Crippen LogP contribution is 2.19. The molecule has 0 spiro atoms. The lowest BCUT2D eigenvalue weighted by atomic mass is 9.97. The molecule has 2 heterocycles. The van der Waals surface area contributed by atoms with Gasteiger partial charge in [-0.1, -0.05) is 13.8 Å². The first-order valence-corrected chi connectivity index (χ1v) is 7.76. The van der Waals surface area contributed by atoms with Gasteiger partial charge in [0.05, 0.1) is 6.10 Å². The first-order chi connectivity index (χ1) is 8.66. The lowest BCUT2D eigenvalue weighted by Gasteiger charge is -2.42. The summed E-state index contributed by atoms with van der Waals surface area (Å²) in [5, 5.41) is 3.61. The van der Waals surface area contributed by atoms with E-state index in [1.54, 1.807) is 0 Å². The molecule has 3 unspecified atom stereocenters. The predicted molar refractivity (Wildman–Crippen MR) is 75.9 cm³/mol. The Labute approximate surface area is 112 Å². The van der Waals surface area contributed by atoms with Gasteiger partial charge in [-0.05, 0) is 38.5 Å². The zero-order chi connectivity index (χ0) is 13.0. The Morgan fingerprint density at radius 2 is 2.17 bits per heavy atom. The maximum Gasteiger partial charge on any atom is 0.0587 e. The molecule has 3 heteroatoms. The molecular weight excluding hydrogens is 224 g/mol. The molecule has 1 N–H and O–H groups in total. The Morgan fingerprint density at radius 1 is 1.33 bits per heavy atom. The van der Waals surface area contributed by atoms with E-state index >= 15 is 0 Å². The van der Waals surface area contributed by atoms with Crippen molar-refractivity contribution in [1.29, 1.82) is 0 Å². The third-order valence-electron chi connectivity index (χ3n) is 4.43. The van der Waals surface area contributed by atoms with Crippen LogP contribution >= 0.6 is 0 Å². The lowest BCUT2D eigenvalue weighted by Crippen LogP contribution is -2.57. The number of nitrogens with zero attached hydrogens (tertiary/aromatic N) is 1. The highest BCUT2D eigenvalue weighted by Gasteiger charge is 2.28. The molecule has 0 saturated carbocycles. The molecule has 0 aliphatic carbocycles. The van der Waals surface area contributed by atoms with Gasteiger partial charge in [-0.15, -0.1) is 0 Å². The standard InChI is InChI=1S/C15H30N2O/c1-12(2)15-10-16-13(3)11-17(15)8-7-14-6-4-5-9-18-14/h12-16H,4-11H2,1-3H3. The van der Waals surface area contributed by atoms with Gasteiger partial charge >= 0.3 is 0 Å². The van der Waals surface area contributed by atoms with E-state index in [0.29, 0.717) is 18.2 Å². The van der Waals surface area contributed by atoms with Crippen molar-refractivity contribution in [3.8, 4) is 0 Å². The number of nitrogens with one attached hydrogen (secondary N) is 1. The molecule has 0 bridgehead atoms. The van der Waals surface area contributed by atoms with E-state index in [4.69, 9.17) is 4.74 Å². The quantitative estimate of drug-likeness (QED) is 0.833. The summed E-state index contributed by atoms with van der Waals surface area (Å²) in [5.74, 6) is 0.734. The summed E-state index contributed by atoms with van der Waals surface area (Å²) in [7, 11) is 0. The van der Waals surface area contributed by atoms with Gasteiger partial charge in [0.2, 0.25) is 0 Å². The van der Waals surface area contributed by atoms with Crippen molar-refractivity contribution >= 4 is 0 Å². The number of hydrogen-bond acceptors (Lipinski definition) is 3. The Balaban J connectivity index is 1.80. The van der Waals surface area contributed by atoms with Crippen LogP contribution in [0, 0.1) is 5.92 Å². The summed E-state index contributed by atoms with van der Waals surface area (Å²) < 4.78 is 5.85. The Morgan fingerprint density at radius 3 is 2.83 bits per heavy atom. The van der Waals surface area contributed by atoms with E-state index in [9.17, 15) is 0 Å². The highest BCUT2D eigenvalue weighted by molar-refractivity contribution is 4.86. The van der Waals surface area contributed by atoms with Crippen LogP contribution in [-0.4, -0.2) is 49.3 Å². The second-order valence-electron chi connectivity index (χ2n) is 6.39. The second-order valence-corrected chi connectivity index (χ2v) is 6.39. The zero-order valence-electron chi connectivity index (χ0n) is 12.3. The zero-order valence-corrected chi connectivity index (χ0v) is 12.3. The fourth-order valence-electron chi connectivity index (χ4n) is 3.26. The molecule has 0 aromatic carbocycles. The van der Waals surface area contributed by atoms with E-state index in [1.165, 1.54) is 38.8 Å². The Kier molecular flexibility index (Phi) is 5.46. The largest absolute Gasteiger partial charge is 0.378 e. The molecule has 3 atom stereocenters. The van der Waals surface area contributed by atoms with Crippen molar-refractivity contribution in [2.24, 2.45) is 5.92 Å². The summed E-state index contributed by atoms with van der Waals surface area (Å²) in [6.07, 6.45) is 5.63. The predicted octanol–water partition coefficient (Wildman–Crippen LogP) is 2.26. The molecule has 3 nitrogen and oxygen atoms in total. The lowest BCUT2D eigenvalue weighted by molar-refractivity contribution is -0.00244. The van der Waals surface area contributed by atoms with Crippen LogP contribution in [0.2, 0.25) is 0 Å². The summed E-state index contributed by atoms with van der Waals surface area (Å²) in [4.78, 5) is 2.68. The highest BCUT2D eigenvalue weighted by atomic mass is 16.5. The minimum absolute atomic E-state index is 0.525. The van der Waals surface area contributed by atoms with E-state index in [2.05, 4.69) is 31.0 Å². The van der Waals surface area contributed by atoms with E-state index in [1.807, 2.05) is 0 Å². The Hall–Kier alpha value is -0.120. The third kappa shape index (κ3) is 3.94. The van der Waals surface area contributed by atoms with Gasteiger partial charge in [0.1, 0.15) is 0 Å². The van der Waals surface area contributed by atoms with Crippen LogP contribution in [0.5, 0.6) is 0 Å². The van der Waals surface area contributed by atoms with Crippen molar-refractivity contribution in [2.45, 2.75) is 64.6 Å². The topological polar surface area (TPSA) is 24.5 Å². The molecule has 2 saturated heterocycles. The van der Waals surface area contributed by atoms with Crippen LogP contribution in [0.25, 0.3) is 0 Å². The molecule has 106 valence electrons. The van der Waals surface area contributed by atoms with Crippen LogP contribution < -0.4 is 5.32 Å². The van der Waals surface area contributed by atoms with Gasteiger partial charge in [-0.2, -0.15) is 0 Å². The SMILES string of the molecule is CC1CN(CCC2CCCCO2)C(C(C)C)CN1. The van der Waals surface area contributed by atoms with E-state index in [-0.39, 0.29) is 0 Å². The molecule has 2 fully saturated rings. The normalized spacial score (nSPS) is 35.0. The van der Waals surface area contributed by atoms with Crippen LogP contribution in [0.4, 0.5) is 0 Å². The molecule has 0 radical (unpaired) electrons. The van der Waals surface area contributed by atoms with Crippen molar-refractivity contribution in [2.75, 3.05) is 26.2 Å². The van der Waals surface area contributed by atoms with Crippen molar-refractivity contribution < 1.29 is 4.74 Å². The number of ether oxygens (including phenoxy) is 1. The van der Waals surface area contributed by atoms with Gasteiger partial charge in [-0.3, -0.25) is 4.90 Å². The first kappa shape index (κ1) is 14.3. The third-order valence-corrected chi connectivity index (χ3v) is 4.43. The molecule has 2 aliphatic heterocycles. The van der Waals surface area contributed by atoms with Crippen LogP contribution in [0.3, 0.4) is 0 Å². The molecular formula is C15H30N2O. The fraction of sp³-hybridized carbons (Fsp3) is 1.00. The maximum absolute atomic E-state index is 5.85. The van der Waals surface area contributed by atoms with Crippen LogP contribution in [-0.2, 0) is 4.74 Å². The average molecular weight is 254 g/mol. The van der Waals surface area contributed by atoms with E-state index < -0.39 is 0 Å². The molecule has 2 aliphatic rings. The first-order valence-electron chi connectivity index (χ1n) is 7.76. The van der Waals surface area contributed by atoms with Crippen molar-refractivity contribution in [3.63, 3.8) is 0 Å². The molecule has 0 aromatic heterocycles. The molecule has 2 rings (SSSR count). The maximum atomic E-state index is 5.85. The van der Waals surface area contributed by atoms with Crippen LogP contribution in [0.15, 0.2) is 0 Å². The van der Waals surface area contributed by atoms with Crippen molar-refractivity contribution in [3.05, 3.63) is 0 Å². The van der Waals surface area contributed by atoms with Gasteiger partial charge in [0.25, 0.3) is 0 Å². The summed E-state index contributed by atoms with van der Waals surface area (Å²) >= 11 is 0. The van der Waals surface area contributed by atoms with E-state index in [0.717, 1.165) is 19.1 Å². The fourth-order valence-corrected chi connectivity index (χ4v) is 3.26. The summed E-state index contributed by atoms with van der Waals surface area (Å²) in [6, 6.07) is 1.33. The number of hydrogen-bond donors (Lipinski definition) is 1. The van der Waals surface area contributed by atoms with Crippen LogP contribution in [0.1, 0.15) is 46.5 Å². The van der Waals surface area contributed by atoms with Gasteiger partial charge in [0, 0.05) is 38.3 Å². The van der Waals surface area contributed by atoms with Gasteiger partial charge in [0.15, 0.2) is 0 Å². The van der Waals surface area contributed by atoms with Gasteiger partial charge < -0.3 is 10.1 Å². The minimum Gasteiger partial charge on any atom is -0.378 e. The number of rotatable bonds is 4.